The fourth-order valence-electron chi connectivity index (χ4n) is 3.00. The van der Waals surface area contributed by atoms with Crippen LogP contribution in [0.5, 0.6) is 0 Å². The summed E-state index contributed by atoms with van der Waals surface area (Å²) in [5.74, 6) is -0.354. The molecule has 0 aromatic heterocycles. The van der Waals surface area contributed by atoms with Gasteiger partial charge in [0.15, 0.2) is 0 Å². The second-order valence-electron chi connectivity index (χ2n) is 6.44. The number of hydrogen-bond acceptors (Lipinski definition) is 3. The molecular weight excluding hydrogens is 290 g/mol. The zero-order chi connectivity index (χ0) is 16.7. The molecule has 0 atom stereocenters. The summed E-state index contributed by atoms with van der Waals surface area (Å²) in [5, 5.41) is 5.32. The molecule has 1 aromatic carbocycles. The minimum Gasteiger partial charge on any atom is -0.378 e. The monoisotopic (exact) mass is 317 g/mol. The summed E-state index contributed by atoms with van der Waals surface area (Å²) in [4.78, 5) is 25.6. The van der Waals surface area contributed by atoms with Crippen molar-refractivity contribution in [1.29, 1.82) is 0 Å². The minimum absolute atomic E-state index is 0.562. The molecule has 5 heteroatoms. The Hall–Kier alpha value is -2.04. The van der Waals surface area contributed by atoms with Crippen molar-refractivity contribution in [3.8, 4) is 0 Å². The fourth-order valence-corrected chi connectivity index (χ4v) is 3.00. The normalized spacial score (nSPS) is 14.5. The number of carbonyl (C=O) groups is 2. The first-order valence-corrected chi connectivity index (χ1v) is 8.43. The average Bonchev–Trinajstić information content (AvgIpc) is 3.05. The standard InChI is InChI=1S/C18H27N3O2/c1-21(2)16-11-9-15(10-12-16)20-18(23)17(22)19-13-5-8-14-6-3-4-7-14/h9-12,14H,3-8,13H2,1-2H3,(H,19,22)(H,20,23). The molecule has 1 saturated carbocycles. The maximum absolute atomic E-state index is 11.8. The Balaban J connectivity index is 1.68. The smallest absolute Gasteiger partial charge is 0.313 e. The van der Waals surface area contributed by atoms with Crippen LogP contribution >= 0.6 is 0 Å². The molecule has 0 heterocycles. The molecule has 2 rings (SSSR count). The Morgan fingerprint density at radius 3 is 2.35 bits per heavy atom. The van der Waals surface area contributed by atoms with Crippen LogP contribution in [0, 0.1) is 5.92 Å². The zero-order valence-corrected chi connectivity index (χ0v) is 14.1. The Labute approximate surface area is 138 Å². The molecule has 0 bridgehead atoms. The molecule has 2 N–H and O–H groups in total. The van der Waals surface area contributed by atoms with Gasteiger partial charge in [-0.3, -0.25) is 9.59 Å². The van der Waals surface area contributed by atoms with Crippen molar-refractivity contribution in [3.63, 3.8) is 0 Å². The molecule has 0 spiro atoms. The van der Waals surface area contributed by atoms with Crippen LogP contribution < -0.4 is 15.5 Å². The lowest BCUT2D eigenvalue weighted by Gasteiger charge is -2.13. The van der Waals surface area contributed by atoms with Gasteiger partial charge in [-0.2, -0.15) is 0 Å². The van der Waals surface area contributed by atoms with Crippen LogP contribution in [0.3, 0.4) is 0 Å². The highest BCUT2D eigenvalue weighted by molar-refractivity contribution is 6.39. The van der Waals surface area contributed by atoms with Crippen molar-refractivity contribution < 1.29 is 9.59 Å². The van der Waals surface area contributed by atoms with E-state index in [-0.39, 0.29) is 0 Å². The summed E-state index contributed by atoms with van der Waals surface area (Å²) in [7, 11) is 3.90. The number of nitrogens with zero attached hydrogens (tertiary/aromatic N) is 1. The van der Waals surface area contributed by atoms with Crippen LogP contribution in [0.1, 0.15) is 38.5 Å². The van der Waals surface area contributed by atoms with Gasteiger partial charge < -0.3 is 15.5 Å². The number of anilines is 2. The first-order valence-electron chi connectivity index (χ1n) is 8.43. The number of nitrogens with one attached hydrogen (secondary N) is 2. The zero-order valence-electron chi connectivity index (χ0n) is 14.1. The predicted molar refractivity (Wildman–Crippen MR) is 93.6 cm³/mol. The quantitative estimate of drug-likeness (QED) is 0.626. The molecule has 5 nitrogen and oxygen atoms in total. The van der Waals surface area contributed by atoms with Gasteiger partial charge in [-0.15, -0.1) is 0 Å². The van der Waals surface area contributed by atoms with Crippen molar-refractivity contribution in [3.05, 3.63) is 24.3 Å². The van der Waals surface area contributed by atoms with Crippen LogP contribution in [0.4, 0.5) is 11.4 Å². The summed E-state index contributed by atoms with van der Waals surface area (Å²) in [6.45, 7) is 0.572. The third-order valence-corrected chi connectivity index (χ3v) is 4.40. The van der Waals surface area contributed by atoms with Gasteiger partial charge >= 0.3 is 11.8 Å². The number of amides is 2. The molecule has 1 aromatic rings. The Kier molecular flexibility index (Phi) is 6.44. The van der Waals surface area contributed by atoms with E-state index >= 15 is 0 Å². The highest BCUT2D eigenvalue weighted by atomic mass is 16.2. The topological polar surface area (TPSA) is 61.4 Å². The third kappa shape index (κ3) is 5.58. The molecule has 126 valence electrons. The third-order valence-electron chi connectivity index (χ3n) is 4.40. The van der Waals surface area contributed by atoms with E-state index in [4.69, 9.17) is 0 Å². The largest absolute Gasteiger partial charge is 0.378 e. The molecule has 1 aliphatic rings. The van der Waals surface area contributed by atoms with Crippen LogP contribution in [-0.4, -0.2) is 32.5 Å². The lowest BCUT2D eigenvalue weighted by molar-refractivity contribution is -0.136. The molecular formula is C18H27N3O2. The molecule has 2 amide bonds. The van der Waals surface area contributed by atoms with E-state index in [2.05, 4.69) is 10.6 Å². The van der Waals surface area contributed by atoms with Crippen molar-refractivity contribution in [1.82, 2.24) is 5.32 Å². The van der Waals surface area contributed by atoms with E-state index in [0.29, 0.717) is 12.2 Å². The first-order chi connectivity index (χ1) is 11.1. The van der Waals surface area contributed by atoms with E-state index < -0.39 is 11.8 Å². The maximum atomic E-state index is 11.8. The van der Waals surface area contributed by atoms with Crippen LogP contribution in [0.2, 0.25) is 0 Å². The average molecular weight is 317 g/mol. The van der Waals surface area contributed by atoms with Crippen LogP contribution in [0.15, 0.2) is 24.3 Å². The van der Waals surface area contributed by atoms with E-state index in [1.54, 1.807) is 12.1 Å². The van der Waals surface area contributed by atoms with Gasteiger partial charge in [0.1, 0.15) is 0 Å². The van der Waals surface area contributed by atoms with E-state index in [0.717, 1.165) is 24.4 Å². The van der Waals surface area contributed by atoms with Gasteiger partial charge in [-0.05, 0) is 43.0 Å². The molecule has 23 heavy (non-hydrogen) atoms. The molecule has 0 unspecified atom stereocenters. The van der Waals surface area contributed by atoms with Crippen molar-refractivity contribution in [2.24, 2.45) is 5.92 Å². The summed E-state index contributed by atoms with van der Waals surface area (Å²) in [6, 6.07) is 7.38. The van der Waals surface area contributed by atoms with E-state index in [1.807, 2.05) is 31.1 Å². The maximum Gasteiger partial charge on any atom is 0.313 e. The number of rotatable bonds is 6. The molecule has 0 aliphatic heterocycles. The summed E-state index contributed by atoms with van der Waals surface area (Å²) in [5.41, 5.74) is 1.67. The molecule has 0 saturated heterocycles. The van der Waals surface area contributed by atoms with Crippen molar-refractivity contribution in [2.45, 2.75) is 38.5 Å². The Morgan fingerprint density at radius 1 is 1.09 bits per heavy atom. The van der Waals surface area contributed by atoms with Crippen molar-refractivity contribution in [2.75, 3.05) is 30.9 Å². The highest BCUT2D eigenvalue weighted by Gasteiger charge is 2.16. The van der Waals surface area contributed by atoms with E-state index in [9.17, 15) is 9.59 Å². The van der Waals surface area contributed by atoms with Crippen molar-refractivity contribution >= 4 is 23.2 Å². The van der Waals surface area contributed by atoms with Gasteiger partial charge in [-0.1, -0.05) is 25.7 Å². The second kappa shape index (κ2) is 8.56. The van der Waals surface area contributed by atoms with Gasteiger partial charge in [0, 0.05) is 32.0 Å². The van der Waals surface area contributed by atoms with Gasteiger partial charge in [-0.25, -0.2) is 0 Å². The Morgan fingerprint density at radius 2 is 1.74 bits per heavy atom. The van der Waals surface area contributed by atoms with Gasteiger partial charge in [0.25, 0.3) is 0 Å². The number of carbonyl (C=O) groups excluding carboxylic acids is 2. The lowest BCUT2D eigenvalue weighted by Crippen LogP contribution is -2.36. The summed E-state index contributed by atoms with van der Waals surface area (Å²) < 4.78 is 0. The Bertz CT molecular complexity index is 520. The lowest BCUT2D eigenvalue weighted by atomic mass is 10.0. The second-order valence-corrected chi connectivity index (χ2v) is 6.44. The van der Waals surface area contributed by atoms with Gasteiger partial charge in [0.2, 0.25) is 0 Å². The first kappa shape index (κ1) is 17.3. The molecule has 1 aliphatic carbocycles. The number of benzene rings is 1. The van der Waals surface area contributed by atoms with E-state index in [1.165, 1.54) is 25.7 Å². The summed E-state index contributed by atoms with van der Waals surface area (Å²) >= 11 is 0. The summed E-state index contributed by atoms with van der Waals surface area (Å²) in [6.07, 6.45) is 7.40. The highest BCUT2D eigenvalue weighted by Crippen LogP contribution is 2.28. The van der Waals surface area contributed by atoms with Crippen LogP contribution in [-0.2, 0) is 9.59 Å². The molecule has 1 fully saturated rings. The number of hydrogen-bond donors (Lipinski definition) is 2. The molecule has 0 radical (unpaired) electrons. The fraction of sp³-hybridized carbons (Fsp3) is 0.556. The SMILES string of the molecule is CN(C)c1ccc(NC(=O)C(=O)NCCCC2CCCC2)cc1. The van der Waals surface area contributed by atoms with Crippen LogP contribution in [0.25, 0.3) is 0 Å². The van der Waals surface area contributed by atoms with Gasteiger partial charge in [0.05, 0.1) is 0 Å². The predicted octanol–water partition coefficient (Wildman–Crippen LogP) is 2.78. The minimum atomic E-state index is -0.608.